The van der Waals surface area contributed by atoms with Gasteiger partial charge in [0.25, 0.3) is 0 Å². The quantitative estimate of drug-likeness (QED) is 0.894. The minimum absolute atomic E-state index is 0.107. The van der Waals surface area contributed by atoms with E-state index in [1.807, 2.05) is 0 Å². The lowest BCUT2D eigenvalue weighted by molar-refractivity contribution is -0.210. The third-order valence-electron chi connectivity index (χ3n) is 4.53. The molecule has 0 radical (unpaired) electrons. The van der Waals surface area contributed by atoms with Gasteiger partial charge in [0.1, 0.15) is 0 Å². The van der Waals surface area contributed by atoms with E-state index in [2.05, 4.69) is 17.5 Å². The molecule has 2 aliphatic rings. The third kappa shape index (κ3) is 2.05. The number of aliphatic hydroxyl groups excluding tert-OH is 1. The molecule has 1 aromatic heterocycles. The van der Waals surface area contributed by atoms with Crippen molar-refractivity contribution >= 4 is 11.3 Å². The second-order valence-electron chi connectivity index (χ2n) is 5.42. The van der Waals surface area contributed by atoms with Crippen LogP contribution in [0, 0.1) is 5.41 Å². The summed E-state index contributed by atoms with van der Waals surface area (Å²) in [7, 11) is 0. The lowest BCUT2D eigenvalue weighted by Gasteiger charge is -2.55. The molecule has 94 valence electrons. The Bertz CT molecular complexity index is 354. The highest BCUT2D eigenvalue weighted by Gasteiger charge is 2.55. The van der Waals surface area contributed by atoms with E-state index >= 15 is 0 Å². The third-order valence-corrected chi connectivity index (χ3v) is 5.38. The van der Waals surface area contributed by atoms with E-state index in [-0.39, 0.29) is 11.5 Å². The molecule has 2 fully saturated rings. The number of thiophene rings is 1. The summed E-state index contributed by atoms with van der Waals surface area (Å²) in [4.78, 5) is 1.29. The van der Waals surface area contributed by atoms with Crippen LogP contribution in [0.25, 0.3) is 0 Å². The summed E-state index contributed by atoms with van der Waals surface area (Å²) < 4.78 is 6.04. The summed E-state index contributed by atoms with van der Waals surface area (Å²) >= 11 is 1.75. The summed E-state index contributed by atoms with van der Waals surface area (Å²) in [5.41, 5.74) is 0.107. The van der Waals surface area contributed by atoms with E-state index in [1.54, 1.807) is 11.3 Å². The maximum absolute atomic E-state index is 10.1. The molecule has 1 spiro atoms. The van der Waals surface area contributed by atoms with Gasteiger partial charge in [0.2, 0.25) is 0 Å². The van der Waals surface area contributed by atoms with Crippen LogP contribution in [0.5, 0.6) is 0 Å². The van der Waals surface area contributed by atoms with Crippen LogP contribution in [0.3, 0.4) is 0 Å². The maximum Gasteiger partial charge on any atom is 0.0813 e. The molecular formula is C14H20O2S. The fourth-order valence-corrected chi connectivity index (χ4v) is 4.03. The second-order valence-corrected chi connectivity index (χ2v) is 6.46. The number of hydrogen-bond donors (Lipinski definition) is 1. The zero-order chi connectivity index (χ0) is 11.7. The van der Waals surface area contributed by atoms with Crippen LogP contribution in [0.4, 0.5) is 0 Å². The Labute approximate surface area is 107 Å². The number of hydrogen-bond acceptors (Lipinski definition) is 3. The molecule has 3 heteroatoms. The highest BCUT2D eigenvalue weighted by atomic mass is 32.1. The average Bonchev–Trinajstić information content (AvgIpc) is 2.88. The van der Waals surface area contributed by atoms with Crippen LogP contribution in [0.2, 0.25) is 0 Å². The van der Waals surface area contributed by atoms with Crippen LogP contribution in [0.15, 0.2) is 17.5 Å². The number of ether oxygens (including phenoxy) is 1. The van der Waals surface area contributed by atoms with Gasteiger partial charge >= 0.3 is 0 Å². The van der Waals surface area contributed by atoms with E-state index in [1.165, 1.54) is 24.1 Å². The van der Waals surface area contributed by atoms with Crippen molar-refractivity contribution in [3.05, 3.63) is 22.4 Å². The predicted molar refractivity (Wildman–Crippen MR) is 69.0 cm³/mol. The fourth-order valence-electron chi connectivity index (χ4n) is 3.40. The molecule has 0 aromatic carbocycles. The first kappa shape index (κ1) is 11.7. The largest absolute Gasteiger partial charge is 0.392 e. The Hall–Kier alpha value is -0.380. The van der Waals surface area contributed by atoms with Gasteiger partial charge in [-0.1, -0.05) is 25.3 Å². The smallest absolute Gasteiger partial charge is 0.0813 e. The fraction of sp³-hybridized carbons (Fsp3) is 0.714. The number of aliphatic hydroxyl groups is 1. The summed E-state index contributed by atoms with van der Waals surface area (Å²) in [5, 5.41) is 12.2. The van der Waals surface area contributed by atoms with Crippen molar-refractivity contribution in [1.29, 1.82) is 0 Å². The molecule has 0 aliphatic heterocycles. The van der Waals surface area contributed by atoms with E-state index < -0.39 is 0 Å². The highest BCUT2D eigenvalue weighted by molar-refractivity contribution is 7.09. The van der Waals surface area contributed by atoms with Gasteiger partial charge < -0.3 is 9.84 Å². The van der Waals surface area contributed by atoms with Gasteiger partial charge in [0.05, 0.1) is 18.8 Å². The lowest BCUT2D eigenvalue weighted by Crippen LogP contribution is -2.58. The molecule has 17 heavy (non-hydrogen) atoms. The van der Waals surface area contributed by atoms with Crippen molar-refractivity contribution in [2.45, 2.75) is 57.3 Å². The standard InChI is InChI=1S/C14H20O2S/c15-12-9-13(14(12)6-2-1-3-7-14)16-10-11-5-4-8-17-11/h4-5,8,12-13,15H,1-3,6-7,9-10H2. The highest BCUT2D eigenvalue weighted by Crippen LogP contribution is 2.53. The van der Waals surface area contributed by atoms with E-state index in [9.17, 15) is 5.11 Å². The summed E-state index contributed by atoms with van der Waals surface area (Å²) in [5.74, 6) is 0. The Kier molecular flexibility index (Phi) is 3.24. The van der Waals surface area contributed by atoms with E-state index in [0.717, 1.165) is 25.9 Å². The maximum atomic E-state index is 10.1. The summed E-state index contributed by atoms with van der Waals surface area (Å²) in [6, 6.07) is 4.18. The SMILES string of the molecule is OC1CC(OCc2cccs2)C12CCCCC2. The molecule has 2 saturated carbocycles. The normalized spacial score (nSPS) is 31.4. The molecule has 2 atom stereocenters. The summed E-state index contributed by atoms with van der Waals surface area (Å²) in [6.45, 7) is 0.719. The Morgan fingerprint density at radius 3 is 2.82 bits per heavy atom. The lowest BCUT2D eigenvalue weighted by atomic mass is 9.56. The Morgan fingerprint density at radius 1 is 1.35 bits per heavy atom. The first-order valence-corrected chi connectivity index (χ1v) is 7.51. The van der Waals surface area contributed by atoms with Crippen molar-refractivity contribution in [3.8, 4) is 0 Å². The van der Waals surface area contributed by atoms with Crippen molar-refractivity contribution in [2.75, 3.05) is 0 Å². The molecule has 0 amide bonds. The van der Waals surface area contributed by atoms with Crippen molar-refractivity contribution in [1.82, 2.24) is 0 Å². The van der Waals surface area contributed by atoms with Gasteiger partial charge in [-0.3, -0.25) is 0 Å². The summed E-state index contributed by atoms with van der Waals surface area (Å²) in [6.07, 6.45) is 7.17. The Morgan fingerprint density at radius 2 is 2.18 bits per heavy atom. The molecular weight excluding hydrogens is 232 g/mol. The molecule has 2 nitrogen and oxygen atoms in total. The van der Waals surface area contributed by atoms with Gasteiger partial charge in [-0.05, 0) is 24.3 Å². The molecule has 1 N–H and O–H groups in total. The minimum Gasteiger partial charge on any atom is -0.392 e. The zero-order valence-corrected chi connectivity index (χ0v) is 10.9. The van der Waals surface area contributed by atoms with Crippen LogP contribution < -0.4 is 0 Å². The van der Waals surface area contributed by atoms with E-state index in [4.69, 9.17) is 4.74 Å². The van der Waals surface area contributed by atoms with E-state index in [0.29, 0.717) is 6.10 Å². The van der Waals surface area contributed by atoms with Crippen LogP contribution >= 0.6 is 11.3 Å². The second kappa shape index (κ2) is 4.71. The predicted octanol–water partition coefficient (Wildman–Crippen LogP) is 3.35. The van der Waals surface area contributed by atoms with Crippen LogP contribution in [0.1, 0.15) is 43.4 Å². The Balaban J connectivity index is 1.60. The molecule has 2 aliphatic carbocycles. The topological polar surface area (TPSA) is 29.5 Å². The molecule has 1 aromatic rings. The molecule has 2 unspecified atom stereocenters. The van der Waals surface area contributed by atoms with Gasteiger partial charge in [-0.25, -0.2) is 0 Å². The average molecular weight is 252 g/mol. The monoisotopic (exact) mass is 252 g/mol. The van der Waals surface area contributed by atoms with Gasteiger partial charge in [-0.15, -0.1) is 11.3 Å². The molecule has 3 rings (SSSR count). The first-order chi connectivity index (χ1) is 8.31. The van der Waals surface area contributed by atoms with Gasteiger partial charge in [0, 0.05) is 16.7 Å². The molecule has 0 saturated heterocycles. The minimum atomic E-state index is -0.115. The van der Waals surface area contributed by atoms with Crippen molar-refractivity contribution < 1.29 is 9.84 Å². The van der Waals surface area contributed by atoms with Crippen LogP contribution in [-0.2, 0) is 11.3 Å². The zero-order valence-electron chi connectivity index (χ0n) is 10.1. The molecule has 0 bridgehead atoms. The number of rotatable bonds is 3. The van der Waals surface area contributed by atoms with Gasteiger partial charge in [0.15, 0.2) is 0 Å². The molecule has 1 heterocycles. The first-order valence-electron chi connectivity index (χ1n) is 6.63. The van der Waals surface area contributed by atoms with Gasteiger partial charge in [-0.2, -0.15) is 0 Å². The van der Waals surface area contributed by atoms with Crippen molar-refractivity contribution in [3.63, 3.8) is 0 Å². The van der Waals surface area contributed by atoms with Crippen molar-refractivity contribution in [2.24, 2.45) is 5.41 Å². The van der Waals surface area contributed by atoms with Crippen LogP contribution in [-0.4, -0.2) is 17.3 Å².